The molecule has 0 aliphatic carbocycles. The molecule has 0 aliphatic rings. The fourth-order valence-corrected chi connectivity index (χ4v) is 2.55. The van der Waals surface area contributed by atoms with E-state index in [0.717, 1.165) is 16.8 Å². The van der Waals surface area contributed by atoms with Crippen LogP contribution in [0.3, 0.4) is 0 Å². The van der Waals surface area contributed by atoms with Gasteiger partial charge in [-0.1, -0.05) is 6.58 Å². The first-order valence-electron chi connectivity index (χ1n) is 5.77. The van der Waals surface area contributed by atoms with Gasteiger partial charge in [-0.25, -0.2) is 21.6 Å². The lowest BCUT2D eigenvalue weighted by atomic mass is 10.3. The third-order valence-electron chi connectivity index (χ3n) is 2.23. The van der Waals surface area contributed by atoms with E-state index >= 15 is 0 Å². The van der Waals surface area contributed by atoms with E-state index in [2.05, 4.69) is 16.6 Å². The van der Waals surface area contributed by atoms with E-state index in [9.17, 15) is 21.6 Å². The number of sulfonamides is 2. The van der Waals surface area contributed by atoms with E-state index in [-0.39, 0.29) is 32.1 Å². The summed E-state index contributed by atoms with van der Waals surface area (Å²) in [7, 11) is -6.84. The van der Waals surface area contributed by atoms with E-state index in [1.54, 1.807) is 6.92 Å². The van der Waals surface area contributed by atoms with Crippen LogP contribution in [0.15, 0.2) is 12.2 Å². The molecule has 0 aromatic carbocycles. The van der Waals surface area contributed by atoms with Gasteiger partial charge in [0.1, 0.15) is 0 Å². The van der Waals surface area contributed by atoms with Gasteiger partial charge in [0, 0.05) is 31.8 Å². The molecule has 0 radical (unpaired) electrons. The van der Waals surface area contributed by atoms with E-state index in [1.807, 2.05) is 0 Å². The lowest BCUT2D eigenvalue weighted by Gasteiger charge is -2.20. The molecule has 118 valence electrons. The maximum absolute atomic E-state index is 11.5. The third-order valence-corrected chi connectivity index (χ3v) is 4.26. The zero-order valence-electron chi connectivity index (χ0n) is 11.8. The van der Waals surface area contributed by atoms with Gasteiger partial charge in [0.05, 0.1) is 12.5 Å². The second-order valence-electron chi connectivity index (χ2n) is 4.36. The Hall–Kier alpha value is -0.970. The molecule has 2 N–H and O–H groups in total. The van der Waals surface area contributed by atoms with E-state index in [0.29, 0.717) is 5.57 Å². The van der Waals surface area contributed by atoms with Crippen molar-refractivity contribution < 1.29 is 21.6 Å². The van der Waals surface area contributed by atoms with Crippen LogP contribution in [0.25, 0.3) is 0 Å². The predicted octanol–water partition coefficient (Wildman–Crippen LogP) is -1.51. The van der Waals surface area contributed by atoms with Crippen molar-refractivity contribution in [2.45, 2.75) is 6.92 Å². The zero-order valence-corrected chi connectivity index (χ0v) is 13.5. The summed E-state index contributed by atoms with van der Waals surface area (Å²) in [5, 5.41) is 2.51. The van der Waals surface area contributed by atoms with Crippen LogP contribution in [0, 0.1) is 0 Å². The van der Waals surface area contributed by atoms with Crippen LogP contribution in [0.1, 0.15) is 6.92 Å². The molecule has 8 nitrogen and oxygen atoms in total. The van der Waals surface area contributed by atoms with Gasteiger partial charge in [-0.3, -0.25) is 4.79 Å². The normalized spacial score (nSPS) is 12.4. The Balaban J connectivity index is 4.39. The molecule has 0 heterocycles. The molecule has 0 fully saturated rings. The molecule has 0 aromatic rings. The average molecular weight is 327 g/mol. The van der Waals surface area contributed by atoms with E-state index < -0.39 is 20.0 Å². The van der Waals surface area contributed by atoms with Crippen LogP contribution in [0.5, 0.6) is 0 Å². The SMILES string of the molecule is C=C(C)C(=O)NCCN(CCNS(C)(=O)=O)S(C)(=O)=O. The average Bonchev–Trinajstić information content (AvgIpc) is 2.23. The van der Waals surface area contributed by atoms with Gasteiger partial charge >= 0.3 is 0 Å². The minimum Gasteiger partial charge on any atom is -0.351 e. The number of hydrogen-bond donors (Lipinski definition) is 2. The molecule has 0 aliphatic heterocycles. The summed E-state index contributed by atoms with van der Waals surface area (Å²) < 4.78 is 48.1. The molecule has 0 saturated carbocycles. The van der Waals surface area contributed by atoms with Crippen LogP contribution in [0.4, 0.5) is 0 Å². The largest absolute Gasteiger partial charge is 0.351 e. The van der Waals surface area contributed by atoms with Crippen LogP contribution < -0.4 is 10.0 Å². The summed E-state index contributed by atoms with van der Waals surface area (Å²) in [5.74, 6) is -0.354. The third kappa shape index (κ3) is 9.02. The highest BCUT2D eigenvalue weighted by Crippen LogP contribution is 1.96. The van der Waals surface area contributed by atoms with Crippen LogP contribution in [0.2, 0.25) is 0 Å². The van der Waals surface area contributed by atoms with Gasteiger partial charge in [0.15, 0.2) is 0 Å². The molecule has 0 aromatic heterocycles. The summed E-state index contributed by atoms with van der Waals surface area (Å²) in [6.07, 6.45) is 2.01. The molecule has 0 bridgehead atoms. The molecule has 0 atom stereocenters. The molecule has 1 amide bonds. The van der Waals surface area contributed by atoms with Gasteiger partial charge < -0.3 is 5.32 Å². The van der Waals surface area contributed by atoms with Crippen molar-refractivity contribution in [1.82, 2.24) is 14.3 Å². The summed E-state index contributed by atoms with van der Waals surface area (Å²) in [5.41, 5.74) is 0.328. The van der Waals surface area contributed by atoms with Crippen LogP contribution in [-0.4, -0.2) is 65.7 Å². The lowest BCUT2D eigenvalue weighted by Crippen LogP contribution is -2.42. The number of amides is 1. The Morgan fingerprint density at radius 1 is 1.10 bits per heavy atom. The van der Waals surface area contributed by atoms with E-state index in [1.165, 1.54) is 0 Å². The van der Waals surface area contributed by atoms with Crippen molar-refractivity contribution in [2.75, 3.05) is 38.7 Å². The van der Waals surface area contributed by atoms with Gasteiger partial charge in [-0.15, -0.1) is 0 Å². The van der Waals surface area contributed by atoms with E-state index in [4.69, 9.17) is 0 Å². The molecule has 0 saturated heterocycles. The molecule has 0 rings (SSSR count). The predicted molar refractivity (Wildman–Crippen MR) is 77.1 cm³/mol. The Morgan fingerprint density at radius 2 is 1.60 bits per heavy atom. The first-order chi connectivity index (χ1) is 8.93. The number of carbonyl (C=O) groups is 1. The summed E-state index contributed by atoms with van der Waals surface area (Å²) >= 11 is 0. The topological polar surface area (TPSA) is 113 Å². The highest BCUT2D eigenvalue weighted by molar-refractivity contribution is 7.88. The first-order valence-corrected chi connectivity index (χ1v) is 9.51. The number of carbonyl (C=O) groups excluding carboxylic acids is 1. The molecular formula is C10H21N3O5S2. The summed E-state index contributed by atoms with van der Waals surface area (Å²) in [6.45, 7) is 5.15. The second-order valence-corrected chi connectivity index (χ2v) is 8.18. The molecule has 0 spiro atoms. The van der Waals surface area contributed by atoms with Crippen molar-refractivity contribution in [1.29, 1.82) is 0 Å². The Morgan fingerprint density at radius 3 is 2.00 bits per heavy atom. The highest BCUT2D eigenvalue weighted by Gasteiger charge is 2.16. The maximum atomic E-state index is 11.5. The van der Waals surface area contributed by atoms with Gasteiger partial charge in [-0.2, -0.15) is 4.31 Å². The smallest absolute Gasteiger partial charge is 0.246 e. The standard InChI is InChI=1S/C10H21N3O5S2/c1-9(2)10(14)11-5-7-13(20(4,17)18)8-6-12-19(3,15)16/h12H,1,5-8H2,2-4H3,(H,11,14). The van der Waals surface area contributed by atoms with Gasteiger partial charge in [-0.05, 0) is 6.92 Å². The highest BCUT2D eigenvalue weighted by atomic mass is 32.2. The minimum absolute atomic E-state index is 0.00511. The van der Waals surface area contributed by atoms with Crippen molar-refractivity contribution in [2.24, 2.45) is 0 Å². The number of rotatable bonds is 9. The van der Waals surface area contributed by atoms with Gasteiger partial charge in [0.2, 0.25) is 26.0 Å². The molecular weight excluding hydrogens is 306 g/mol. The Bertz CT molecular complexity index is 553. The Kier molecular flexibility index (Phi) is 7.34. The van der Waals surface area contributed by atoms with Gasteiger partial charge in [0.25, 0.3) is 0 Å². The number of nitrogens with one attached hydrogen (secondary N) is 2. The fourth-order valence-electron chi connectivity index (χ4n) is 1.24. The Labute approximate surface area is 120 Å². The quantitative estimate of drug-likeness (QED) is 0.500. The van der Waals surface area contributed by atoms with Crippen molar-refractivity contribution in [3.63, 3.8) is 0 Å². The molecule has 10 heteroatoms. The van der Waals surface area contributed by atoms with Crippen molar-refractivity contribution in [3.05, 3.63) is 12.2 Å². The second kappa shape index (κ2) is 7.72. The maximum Gasteiger partial charge on any atom is 0.246 e. The van der Waals surface area contributed by atoms with Crippen molar-refractivity contribution in [3.8, 4) is 0 Å². The molecule has 20 heavy (non-hydrogen) atoms. The number of hydrogen-bond acceptors (Lipinski definition) is 5. The fraction of sp³-hybridized carbons (Fsp3) is 0.700. The van der Waals surface area contributed by atoms with Crippen molar-refractivity contribution >= 4 is 26.0 Å². The lowest BCUT2D eigenvalue weighted by molar-refractivity contribution is -0.117. The molecule has 0 unspecified atom stereocenters. The van der Waals surface area contributed by atoms with Crippen LogP contribution >= 0.6 is 0 Å². The minimum atomic E-state index is -3.48. The summed E-state index contributed by atoms with van der Waals surface area (Å²) in [4.78, 5) is 11.2. The number of nitrogens with zero attached hydrogens (tertiary/aromatic N) is 1. The monoisotopic (exact) mass is 327 g/mol. The summed E-state index contributed by atoms with van der Waals surface area (Å²) in [6, 6.07) is 0. The first kappa shape index (κ1) is 19.0. The zero-order chi connectivity index (χ0) is 16.0. The van der Waals surface area contributed by atoms with Crippen LogP contribution in [-0.2, 0) is 24.8 Å².